The molecule has 0 bridgehead atoms. The fraction of sp³-hybridized carbons (Fsp3) is 0.500. The van der Waals surface area contributed by atoms with Crippen molar-refractivity contribution in [2.24, 2.45) is 0 Å². The number of rotatable bonds is 4. The molecule has 3 atom stereocenters. The number of carbonyl (C=O) groups is 1. The number of piperazine rings is 1. The molecule has 0 spiro atoms. The van der Waals surface area contributed by atoms with Gasteiger partial charge in [0.05, 0.1) is 35.4 Å². The molecule has 48 heavy (non-hydrogen) atoms. The maximum Gasteiger partial charge on any atom is 0.412 e. The zero-order chi connectivity index (χ0) is 34.1. The summed E-state index contributed by atoms with van der Waals surface area (Å²) in [4.78, 5) is 33.5. The lowest BCUT2D eigenvalue weighted by Crippen LogP contribution is -2.57. The standard InChI is InChI=1S/C34H38F2N8O3S/c1-17-12-44(13-18(2)42(17)6)19-7-8-43(14-19)32-39-10-21-22-15-46-16-23(22)25(27(36)28(21)40-32)29-26-20(9-37)31(41-33(45)47-34(3,4)5)48-30(26)24(35)11-38-29/h10-11,17-19H,7-8,12-16H2,1-6H3,(H,41,45)/t17-,18+,19-/m1/s1. The third kappa shape index (κ3) is 5.62. The van der Waals surface area contributed by atoms with E-state index in [2.05, 4.69) is 56.9 Å². The summed E-state index contributed by atoms with van der Waals surface area (Å²) in [5.74, 6) is -0.898. The number of halogens is 2. The molecule has 2 fully saturated rings. The molecule has 0 unspecified atom stereocenters. The highest BCUT2D eigenvalue weighted by Crippen LogP contribution is 2.46. The largest absolute Gasteiger partial charge is 0.444 e. The van der Waals surface area contributed by atoms with E-state index >= 15 is 8.78 Å². The Morgan fingerprint density at radius 1 is 1.12 bits per heavy atom. The molecule has 3 aromatic heterocycles. The molecule has 4 aromatic rings. The summed E-state index contributed by atoms with van der Waals surface area (Å²) in [6.45, 7) is 13.4. The first-order chi connectivity index (χ1) is 22.8. The van der Waals surface area contributed by atoms with E-state index in [0.29, 0.717) is 35.0 Å². The van der Waals surface area contributed by atoms with Crippen LogP contribution in [0.5, 0.6) is 0 Å². The second kappa shape index (κ2) is 12.1. The predicted molar refractivity (Wildman–Crippen MR) is 180 cm³/mol. The van der Waals surface area contributed by atoms with Gasteiger partial charge in [0.25, 0.3) is 0 Å². The van der Waals surface area contributed by atoms with Crippen LogP contribution in [-0.4, -0.2) is 87.8 Å². The molecule has 11 nitrogen and oxygen atoms in total. The molecule has 7 rings (SSSR count). The number of pyridine rings is 1. The van der Waals surface area contributed by atoms with Crippen LogP contribution in [0.3, 0.4) is 0 Å². The Morgan fingerprint density at radius 2 is 1.85 bits per heavy atom. The number of hydrogen-bond donors (Lipinski definition) is 1. The molecule has 2 saturated heterocycles. The van der Waals surface area contributed by atoms with Gasteiger partial charge >= 0.3 is 6.09 Å². The molecule has 0 aliphatic carbocycles. The van der Waals surface area contributed by atoms with Crippen molar-refractivity contribution in [2.45, 2.75) is 78.0 Å². The topological polar surface area (TPSA) is 120 Å². The first-order valence-corrected chi connectivity index (χ1v) is 17.0. The zero-order valence-electron chi connectivity index (χ0n) is 27.9. The van der Waals surface area contributed by atoms with E-state index in [0.717, 1.165) is 55.7 Å². The van der Waals surface area contributed by atoms with Crippen molar-refractivity contribution in [3.05, 3.63) is 40.7 Å². The number of hydrogen-bond acceptors (Lipinski definition) is 11. The van der Waals surface area contributed by atoms with Crippen molar-refractivity contribution >= 4 is 49.4 Å². The maximum absolute atomic E-state index is 17.0. The Bertz CT molecular complexity index is 1980. The smallest absolute Gasteiger partial charge is 0.412 e. The molecular formula is C34H38F2N8O3S. The third-order valence-electron chi connectivity index (χ3n) is 9.67. The zero-order valence-corrected chi connectivity index (χ0v) is 28.7. The van der Waals surface area contributed by atoms with Crippen LogP contribution in [0.4, 0.5) is 24.5 Å². The number of nitrogens with zero attached hydrogens (tertiary/aromatic N) is 7. The number of likely N-dealkylation sites (N-methyl/N-ethyl adjacent to an activating group) is 1. The van der Waals surface area contributed by atoms with Crippen LogP contribution in [0.1, 0.15) is 57.7 Å². The van der Waals surface area contributed by atoms with Gasteiger partial charge in [-0.1, -0.05) is 0 Å². The number of anilines is 2. The fourth-order valence-electron chi connectivity index (χ4n) is 7.12. The Balaban J connectivity index is 1.29. The number of nitriles is 1. The van der Waals surface area contributed by atoms with Crippen molar-refractivity contribution in [3.63, 3.8) is 0 Å². The molecule has 252 valence electrons. The van der Waals surface area contributed by atoms with Crippen LogP contribution in [0.15, 0.2) is 12.4 Å². The first kappa shape index (κ1) is 32.5. The van der Waals surface area contributed by atoms with Crippen LogP contribution >= 0.6 is 11.3 Å². The number of carbonyl (C=O) groups excluding carboxylic acids is 1. The van der Waals surface area contributed by atoms with E-state index in [4.69, 9.17) is 14.5 Å². The lowest BCUT2D eigenvalue weighted by molar-refractivity contribution is 0.0388. The SMILES string of the molecule is C[C@@H]1CN([C@@H]2CCN(c3ncc4c5c(c(-c6ncc(F)c7sc(NC(=O)OC(C)(C)C)c(C#N)c67)c(F)c4n3)COC5)C2)C[C@H](C)N1C. The van der Waals surface area contributed by atoms with E-state index in [1.807, 2.05) is 0 Å². The van der Waals surface area contributed by atoms with E-state index in [1.165, 1.54) is 0 Å². The van der Waals surface area contributed by atoms with E-state index in [1.54, 1.807) is 27.0 Å². The van der Waals surface area contributed by atoms with Crippen LogP contribution in [-0.2, 0) is 22.7 Å². The minimum atomic E-state index is -0.795. The third-order valence-corrected chi connectivity index (χ3v) is 10.8. The molecule has 0 radical (unpaired) electrons. The van der Waals surface area contributed by atoms with Crippen molar-refractivity contribution in [1.82, 2.24) is 24.8 Å². The van der Waals surface area contributed by atoms with Crippen LogP contribution in [0.2, 0.25) is 0 Å². The molecular weight excluding hydrogens is 638 g/mol. The minimum absolute atomic E-state index is 0.0333. The number of thiophene rings is 1. The second-order valence-electron chi connectivity index (χ2n) is 14.0. The summed E-state index contributed by atoms with van der Waals surface area (Å²) in [5, 5.41) is 13.5. The van der Waals surface area contributed by atoms with Gasteiger partial charge in [0, 0.05) is 66.8 Å². The lowest BCUT2D eigenvalue weighted by atomic mass is 9.94. The van der Waals surface area contributed by atoms with E-state index < -0.39 is 23.3 Å². The van der Waals surface area contributed by atoms with Crippen molar-refractivity contribution in [1.29, 1.82) is 5.26 Å². The number of amides is 1. The molecule has 1 N–H and O–H groups in total. The number of nitrogens with one attached hydrogen (secondary N) is 1. The maximum atomic E-state index is 17.0. The van der Waals surface area contributed by atoms with Gasteiger partial charge in [0.1, 0.15) is 22.2 Å². The molecule has 14 heteroatoms. The highest BCUT2D eigenvalue weighted by Gasteiger charge is 2.36. The summed E-state index contributed by atoms with van der Waals surface area (Å²) < 4.78 is 43.4. The number of benzene rings is 1. The molecule has 6 heterocycles. The van der Waals surface area contributed by atoms with Gasteiger partial charge in [-0.2, -0.15) is 5.26 Å². The highest BCUT2D eigenvalue weighted by molar-refractivity contribution is 7.23. The van der Waals surface area contributed by atoms with Gasteiger partial charge in [-0.05, 0) is 59.2 Å². The Morgan fingerprint density at radius 3 is 2.56 bits per heavy atom. The van der Waals surface area contributed by atoms with Crippen molar-refractivity contribution < 1.29 is 23.0 Å². The van der Waals surface area contributed by atoms with Crippen LogP contribution in [0.25, 0.3) is 32.2 Å². The van der Waals surface area contributed by atoms with Gasteiger partial charge in [-0.3, -0.25) is 20.1 Å². The minimum Gasteiger partial charge on any atom is -0.444 e. The van der Waals surface area contributed by atoms with E-state index in [-0.39, 0.29) is 50.6 Å². The van der Waals surface area contributed by atoms with Gasteiger partial charge in [-0.25, -0.2) is 23.5 Å². The molecule has 3 aliphatic rings. The van der Waals surface area contributed by atoms with E-state index in [9.17, 15) is 10.1 Å². The monoisotopic (exact) mass is 676 g/mol. The average molecular weight is 677 g/mol. The van der Waals surface area contributed by atoms with Gasteiger partial charge < -0.3 is 14.4 Å². The average Bonchev–Trinajstić information content (AvgIpc) is 3.79. The summed E-state index contributed by atoms with van der Waals surface area (Å²) in [7, 11) is 2.17. The Labute approximate surface area is 281 Å². The van der Waals surface area contributed by atoms with Gasteiger partial charge in [0.15, 0.2) is 11.6 Å². The van der Waals surface area contributed by atoms with Crippen molar-refractivity contribution in [3.8, 4) is 17.3 Å². The Kier molecular flexibility index (Phi) is 8.22. The second-order valence-corrected chi connectivity index (χ2v) is 15.0. The van der Waals surface area contributed by atoms with Crippen molar-refractivity contribution in [2.75, 3.05) is 43.4 Å². The first-order valence-electron chi connectivity index (χ1n) is 16.1. The molecule has 0 saturated carbocycles. The molecule has 1 aromatic carbocycles. The molecule has 3 aliphatic heterocycles. The number of aromatic nitrogens is 3. The number of ether oxygens (including phenoxy) is 2. The quantitative estimate of drug-likeness (QED) is 0.274. The van der Waals surface area contributed by atoms with Gasteiger partial charge in [-0.15, -0.1) is 11.3 Å². The predicted octanol–water partition coefficient (Wildman–Crippen LogP) is 6.04. The van der Waals surface area contributed by atoms with Gasteiger partial charge in [0.2, 0.25) is 5.95 Å². The summed E-state index contributed by atoms with van der Waals surface area (Å²) in [6, 6.07) is 3.33. The Hall–Kier alpha value is -4.03. The summed E-state index contributed by atoms with van der Waals surface area (Å²) in [5.41, 5.74) is 0.748. The normalized spacial score (nSPS) is 22.0. The summed E-state index contributed by atoms with van der Waals surface area (Å²) >= 11 is 0.870. The lowest BCUT2D eigenvalue weighted by Gasteiger charge is -2.44. The molecule has 1 amide bonds. The van der Waals surface area contributed by atoms with Crippen LogP contribution in [0, 0.1) is 23.0 Å². The summed E-state index contributed by atoms with van der Waals surface area (Å²) in [6.07, 6.45) is 2.83. The highest BCUT2D eigenvalue weighted by atomic mass is 32.1. The van der Waals surface area contributed by atoms with Crippen LogP contribution < -0.4 is 10.2 Å². The number of fused-ring (bicyclic) bond motifs is 4. The fourth-order valence-corrected chi connectivity index (χ4v) is 8.16.